The van der Waals surface area contributed by atoms with Crippen molar-refractivity contribution in [2.45, 2.75) is 25.3 Å². The van der Waals surface area contributed by atoms with Crippen LogP contribution in [-0.4, -0.2) is 8.42 Å². The van der Waals surface area contributed by atoms with Crippen molar-refractivity contribution in [3.63, 3.8) is 0 Å². The molecule has 1 aromatic rings. The molecule has 0 unspecified atom stereocenters. The van der Waals surface area contributed by atoms with E-state index in [1.165, 1.54) is 32.0 Å². The Morgan fingerprint density at radius 2 is 1.94 bits per heavy atom. The predicted molar refractivity (Wildman–Crippen MR) is 64.1 cm³/mol. The van der Waals surface area contributed by atoms with Crippen molar-refractivity contribution in [2.75, 3.05) is 0 Å². The van der Waals surface area contributed by atoms with Gasteiger partial charge in [0.15, 0.2) is 0 Å². The van der Waals surface area contributed by atoms with Crippen LogP contribution in [0.3, 0.4) is 0 Å². The third kappa shape index (κ3) is 3.92. The zero-order valence-corrected chi connectivity index (χ0v) is 11.1. The molecule has 0 atom stereocenters. The van der Waals surface area contributed by atoms with Gasteiger partial charge in [-0.15, -0.1) is 0 Å². The molecule has 0 radical (unpaired) electrons. The highest BCUT2D eigenvalue weighted by atomic mass is 35.7. The van der Waals surface area contributed by atoms with Crippen molar-refractivity contribution in [3.05, 3.63) is 34.3 Å². The van der Waals surface area contributed by atoms with Crippen LogP contribution in [0.4, 0.5) is 4.39 Å². The van der Waals surface area contributed by atoms with E-state index in [2.05, 4.69) is 0 Å². The number of rotatable bonds is 3. The average molecular weight is 285 g/mol. The largest absolute Gasteiger partial charge is 0.239 e. The lowest BCUT2D eigenvalue weighted by atomic mass is 9.99. The fourth-order valence-corrected chi connectivity index (χ4v) is 2.52. The first-order chi connectivity index (χ1) is 7.09. The molecule has 0 spiro atoms. The molecule has 0 aliphatic rings. The van der Waals surface area contributed by atoms with Crippen LogP contribution in [0.2, 0.25) is 5.02 Å². The number of benzene rings is 1. The van der Waals surface area contributed by atoms with Gasteiger partial charge in [0, 0.05) is 15.7 Å². The van der Waals surface area contributed by atoms with Crippen LogP contribution in [0.25, 0.3) is 0 Å². The van der Waals surface area contributed by atoms with Crippen LogP contribution in [0.15, 0.2) is 18.2 Å². The fraction of sp³-hybridized carbons (Fsp3) is 0.400. The van der Waals surface area contributed by atoms with Crippen LogP contribution < -0.4 is 0 Å². The predicted octanol–water partition coefficient (Wildman–Crippen LogP) is 3.61. The van der Waals surface area contributed by atoms with E-state index in [0.29, 0.717) is 11.1 Å². The van der Waals surface area contributed by atoms with Gasteiger partial charge in [0.25, 0.3) is 0 Å². The van der Waals surface area contributed by atoms with E-state index in [4.69, 9.17) is 22.3 Å². The maximum Gasteiger partial charge on any atom is 0.236 e. The molecule has 0 saturated heterocycles. The van der Waals surface area contributed by atoms with Gasteiger partial charge in [-0.3, -0.25) is 0 Å². The highest BCUT2D eigenvalue weighted by molar-refractivity contribution is 8.13. The van der Waals surface area contributed by atoms with Crippen molar-refractivity contribution in [1.82, 2.24) is 0 Å². The third-order valence-corrected chi connectivity index (χ3v) is 3.40. The molecule has 0 aromatic heterocycles. The lowest BCUT2D eigenvalue weighted by Gasteiger charge is -2.15. The molecule has 0 N–H and O–H groups in total. The Kier molecular flexibility index (Phi) is 3.87. The van der Waals surface area contributed by atoms with Crippen LogP contribution in [0, 0.1) is 0 Å². The molecule has 1 rings (SSSR count). The molecule has 2 nitrogen and oxygen atoms in total. The molecule has 16 heavy (non-hydrogen) atoms. The number of alkyl halides is 1. The number of hydrogen-bond donors (Lipinski definition) is 0. The van der Waals surface area contributed by atoms with Gasteiger partial charge in [0.05, 0.1) is 5.75 Å². The summed E-state index contributed by atoms with van der Waals surface area (Å²) in [5, 5.41) is 0.201. The molecule has 0 saturated carbocycles. The van der Waals surface area contributed by atoms with E-state index in [1.54, 1.807) is 0 Å². The zero-order chi connectivity index (χ0) is 12.6. The van der Waals surface area contributed by atoms with E-state index >= 15 is 0 Å². The van der Waals surface area contributed by atoms with Crippen LogP contribution in [-0.2, 0) is 20.5 Å². The van der Waals surface area contributed by atoms with Gasteiger partial charge in [-0.05, 0) is 31.0 Å². The summed E-state index contributed by atoms with van der Waals surface area (Å²) in [4.78, 5) is 0. The lowest BCUT2D eigenvalue weighted by Crippen LogP contribution is -2.09. The van der Waals surface area contributed by atoms with Crippen LogP contribution in [0.5, 0.6) is 0 Å². The maximum atomic E-state index is 13.6. The zero-order valence-electron chi connectivity index (χ0n) is 8.80. The first-order valence-corrected chi connectivity index (χ1v) is 7.35. The van der Waals surface area contributed by atoms with Gasteiger partial charge in [-0.1, -0.05) is 23.7 Å². The fourth-order valence-electron chi connectivity index (χ4n) is 1.22. The number of halogens is 3. The molecule has 0 amide bonds. The summed E-state index contributed by atoms with van der Waals surface area (Å²) in [5.41, 5.74) is -0.750. The van der Waals surface area contributed by atoms with Gasteiger partial charge in [-0.2, -0.15) is 0 Å². The van der Waals surface area contributed by atoms with E-state index in [1.807, 2.05) is 0 Å². The summed E-state index contributed by atoms with van der Waals surface area (Å²) in [5.74, 6) is -0.361. The Labute approximate surface area is 104 Å². The molecule has 90 valence electrons. The second kappa shape index (κ2) is 4.51. The van der Waals surface area contributed by atoms with Gasteiger partial charge in [0.1, 0.15) is 5.67 Å². The number of hydrogen-bond acceptors (Lipinski definition) is 2. The Morgan fingerprint density at radius 3 is 2.31 bits per heavy atom. The Morgan fingerprint density at radius 1 is 1.38 bits per heavy atom. The van der Waals surface area contributed by atoms with Crippen LogP contribution in [0.1, 0.15) is 25.0 Å². The lowest BCUT2D eigenvalue weighted by molar-refractivity contribution is 0.221. The topological polar surface area (TPSA) is 34.1 Å². The smallest absolute Gasteiger partial charge is 0.236 e. The summed E-state index contributed by atoms with van der Waals surface area (Å²) in [6, 6.07) is 4.39. The van der Waals surface area contributed by atoms with E-state index in [9.17, 15) is 12.8 Å². The molecule has 1 aromatic carbocycles. The second-order valence-electron chi connectivity index (χ2n) is 3.96. The standard InChI is InChI=1S/C10H11Cl2FO2S/c1-10(2,13)8-4-3-7(9(11)5-8)6-16(12,14)15/h3-5H,6H2,1-2H3. The minimum atomic E-state index is -3.65. The van der Waals surface area contributed by atoms with Gasteiger partial charge in [-0.25, -0.2) is 12.8 Å². The van der Waals surface area contributed by atoms with Crippen molar-refractivity contribution < 1.29 is 12.8 Å². The molecule has 0 aliphatic carbocycles. The minimum Gasteiger partial charge on any atom is -0.239 e. The van der Waals surface area contributed by atoms with Crippen molar-refractivity contribution in [1.29, 1.82) is 0 Å². The summed E-state index contributed by atoms with van der Waals surface area (Å²) in [6.45, 7) is 2.80. The third-order valence-electron chi connectivity index (χ3n) is 2.07. The molecule has 0 heterocycles. The quantitative estimate of drug-likeness (QED) is 0.795. The summed E-state index contributed by atoms with van der Waals surface area (Å²) in [7, 11) is 1.45. The summed E-state index contributed by atoms with van der Waals surface area (Å²) in [6.07, 6.45) is 0. The molecule has 0 bridgehead atoms. The van der Waals surface area contributed by atoms with Gasteiger partial charge >= 0.3 is 0 Å². The SMILES string of the molecule is CC(C)(F)c1ccc(CS(=O)(=O)Cl)c(Cl)c1. The first-order valence-electron chi connectivity index (χ1n) is 4.50. The Hall–Kier alpha value is -0.320. The molecular formula is C10H11Cl2FO2S. The average Bonchev–Trinajstić information content (AvgIpc) is 2.04. The maximum absolute atomic E-state index is 13.6. The molecule has 0 fully saturated rings. The van der Waals surface area contributed by atoms with E-state index in [0.717, 1.165) is 0 Å². The van der Waals surface area contributed by atoms with Crippen LogP contribution >= 0.6 is 22.3 Å². The first kappa shape index (κ1) is 13.7. The molecule has 6 heteroatoms. The monoisotopic (exact) mass is 284 g/mol. The van der Waals surface area contributed by atoms with Gasteiger partial charge < -0.3 is 0 Å². The summed E-state index contributed by atoms with van der Waals surface area (Å²) >= 11 is 5.85. The van der Waals surface area contributed by atoms with Gasteiger partial charge in [0.2, 0.25) is 9.05 Å². The minimum absolute atomic E-state index is 0.201. The normalized spacial score (nSPS) is 12.8. The second-order valence-corrected chi connectivity index (χ2v) is 7.15. The van der Waals surface area contributed by atoms with Crippen molar-refractivity contribution in [3.8, 4) is 0 Å². The van der Waals surface area contributed by atoms with Crippen molar-refractivity contribution >= 4 is 31.3 Å². The summed E-state index contributed by atoms with van der Waals surface area (Å²) < 4.78 is 35.3. The van der Waals surface area contributed by atoms with Crippen molar-refractivity contribution in [2.24, 2.45) is 0 Å². The highest BCUT2D eigenvalue weighted by Crippen LogP contribution is 2.29. The van der Waals surface area contributed by atoms with E-state index < -0.39 is 14.7 Å². The van der Waals surface area contributed by atoms with E-state index in [-0.39, 0.29) is 10.8 Å². The molecular weight excluding hydrogens is 274 g/mol. The highest BCUT2D eigenvalue weighted by Gasteiger charge is 2.20. The Balaban J connectivity index is 3.11. The molecule has 0 aliphatic heterocycles. The Bertz CT molecular complexity index is 492.